The van der Waals surface area contributed by atoms with E-state index in [2.05, 4.69) is 10.5 Å². The van der Waals surface area contributed by atoms with Gasteiger partial charge < -0.3 is 19.3 Å². The number of anilines is 1. The van der Waals surface area contributed by atoms with Crippen LogP contribution in [0.3, 0.4) is 0 Å². The van der Waals surface area contributed by atoms with E-state index in [9.17, 15) is 0 Å². The fourth-order valence-electron chi connectivity index (χ4n) is 2.51. The summed E-state index contributed by atoms with van der Waals surface area (Å²) in [5.41, 5.74) is 2.92. The highest BCUT2D eigenvalue weighted by Crippen LogP contribution is 2.38. The first kappa shape index (κ1) is 12.8. The predicted molar refractivity (Wildman–Crippen MR) is 76.5 cm³/mol. The van der Waals surface area contributed by atoms with E-state index < -0.39 is 0 Å². The van der Waals surface area contributed by atoms with Gasteiger partial charge in [-0.05, 0) is 31.4 Å². The second-order valence-electron chi connectivity index (χ2n) is 4.79. The van der Waals surface area contributed by atoms with Crippen molar-refractivity contribution in [2.24, 2.45) is 0 Å². The molecule has 0 spiro atoms. The highest BCUT2D eigenvalue weighted by Gasteiger charge is 2.21. The minimum atomic E-state index is 0.740. The summed E-state index contributed by atoms with van der Waals surface area (Å²) >= 11 is 0. The summed E-state index contributed by atoms with van der Waals surface area (Å²) in [6.07, 6.45) is 3.24. The van der Waals surface area contributed by atoms with Crippen LogP contribution in [0.1, 0.15) is 18.4 Å². The van der Waals surface area contributed by atoms with Gasteiger partial charge in [0.1, 0.15) is 17.2 Å². The van der Waals surface area contributed by atoms with Crippen LogP contribution in [-0.2, 0) is 6.42 Å². The fourth-order valence-corrected chi connectivity index (χ4v) is 2.51. The Morgan fingerprint density at radius 1 is 1.20 bits per heavy atom. The lowest BCUT2D eigenvalue weighted by molar-refractivity contribution is 0.394. The number of nitrogens with zero attached hydrogens (tertiary/aromatic N) is 1. The Labute approximate surface area is 117 Å². The van der Waals surface area contributed by atoms with Crippen LogP contribution in [0.5, 0.6) is 11.5 Å². The van der Waals surface area contributed by atoms with E-state index in [-0.39, 0.29) is 0 Å². The minimum Gasteiger partial charge on any atom is -0.497 e. The summed E-state index contributed by atoms with van der Waals surface area (Å²) in [5, 5.41) is 7.50. The number of aromatic nitrogens is 1. The van der Waals surface area contributed by atoms with E-state index in [0.29, 0.717) is 0 Å². The second-order valence-corrected chi connectivity index (χ2v) is 4.79. The van der Waals surface area contributed by atoms with Crippen LogP contribution in [0.15, 0.2) is 22.7 Å². The van der Waals surface area contributed by atoms with Crippen molar-refractivity contribution in [2.45, 2.75) is 19.3 Å². The lowest BCUT2D eigenvalue weighted by Crippen LogP contribution is -1.97. The Hall–Kier alpha value is -2.17. The van der Waals surface area contributed by atoms with Crippen LogP contribution < -0.4 is 14.8 Å². The maximum Gasteiger partial charge on any atom is 0.228 e. The molecule has 1 aromatic carbocycles. The van der Waals surface area contributed by atoms with Gasteiger partial charge in [-0.3, -0.25) is 0 Å². The molecule has 0 saturated heterocycles. The number of nitrogens with one attached hydrogen (secondary N) is 1. The molecule has 0 atom stereocenters. The average Bonchev–Trinajstić information content (AvgIpc) is 2.74. The number of rotatable bonds is 3. The third-order valence-corrected chi connectivity index (χ3v) is 3.59. The SMILES string of the molecule is COc1ccc(-c2noc3c2CCCCN3)c(OC)c1. The van der Waals surface area contributed by atoms with Crippen molar-refractivity contribution in [3.63, 3.8) is 0 Å². The quantitative estimate of drug-likeness (QED) is 0.932. The lowest BCUT2D eigenvalue weighted by Gasteiger charge is -2.09. The zero-order valence-corrected chi connectivity index (χ0v) is 11.7. The normalized spacial score (nSPS) is 14.1. The number of hydrogen-bond acceptors (Lipinski definition) is 5. The Balaban J connectivity index is 2.07. The van der Waals surface area contributed by atoms with Crippen molar-refractivity contribution in [1.29, 1.82) is 0 Å². The molecule has 1 aliphatic heterocycles. The molecular formula is C15H18N2O3. The number of benzene rings is 1. The average molecular weight is 274 g/mol. The van der Waals surface area contributed by atoms with Gasteiger partial charge >= 0.3 is 0 Å². The zero-order chi connectivity index (χ0) is 13.9. The molecule has 5 nitrogen and oxygen atoms in total. The van der Waals surface area contributed by atoms with E-state index >= 15 is 0 Å². The molecule has 0 amide bonds. The molecular weight excluding hydrogens is 256 g/mol. The van der Waals surface area contributed by atoms with Crippen molar-refractivity contribution in [3.8, 4) is 22.8 Å². The number of fused-ring (bicyclic) bond motifs is 1. The van der Waals surface area contributed by atoms with Gasteiger partial charge in [0.15, 0.2) is 0 Å². The summed E-state index contributed by atoms with van der Waals surface area (Å²) in [6, 6.07) is 5.73. The van der Waals surface area contributed by atoms with Gasteiger partial charge in [0.25, 0.3) is 0 Å². The first-order chi connectivity index (χ1) is 9.83. The molecule has 1 aromatic heterocycles. The highest BCUT2D eigenvalue weighted by atomic mass is 16.5. The summed E-state index contributed by atoms with van der Waals surface area (Å²) in [7, 11) is 3.29. The molecule has 0 aliphatic carbocycles. The standard InChI is InChI=1S/C15H18N2O3/c1-18-10-6-7-11(13(9-10)19-2)14-12-5-3-4-8-16-15(12)20-17-14/h6-7,9,16H,3-5,8H2,1-2H3. The maximum absolute atomic E-state index is 5.45. The molecule has 0 bridgehead atoms. The summed E-state index contributed by atoms with van der Waals surface area (Å²) in [5.74, 6) is 2.29. The monoisotopic (exact) mass is 274 g/mol. The van der Waals surface area contributed by atoms with Gasteiger partial charge in [-0.1, -0.05) is 5.16 Å². The first-order valence-electron chi connectivity index (χ1n) is 6.78. The third kappa shape index (κ3) is 2.19. The van der Waals surface area contributed by atoms with Crippen molar-refractivity contribution in [1.82, 2.24) is 5.16 Å². The minimum absolute atomic E-state index is 0.740. The largest absolute Gasteiger partial charge is 0.497 e. The Kier molecular flexibility index (Phi) is 3.50. The van der Waals surface area contributed by atoms with Gasteiger partial charge in [0, 0.05) is 23.7 Å². The predicted octanol–water partition coefficient (Wildman–Crippen LogP) is 3.11. The van der Waals surface area contributed by atoms with Crippen molar-refractivity contribution < 1.29 is 14.0 Å². The molecule has 0 saturated carbocycles. The van der Waals surface area contributed by atoms with Gasteiger partial charge in [-0.25, -0.2) is 0 Å². The van der Waals surface area contributed by atoms with Crippen LogP contribution in [0.25, 0.3) is 11.3 Å². The molecule has 3 rings (SSSR count). The van der Waals surface area contributed by atoms with E-state index in [1.54, 1.807) is 14.2 Å². The molecule has 20 heavy (non-hydrogen) atoms. The molecule has 5 heteroatoms. The van der Waals surface area contributed by atoms with Gasteiger partial charge in [0.05, 0.1) is 14.2 Å². The molecule has 0 unspecified atom stereocenters. The summed E-state index contributed by atoms with van der Waals surface area (Å²) in [6.45, 7) is 0.932. The zero-order valence-electron chi connectivity index (χ0n) is 11.7. The number of ether oxygens (including phenoxy) is 2. The molecule has 106 valence electrons. The molecule has 2 aromatic rings. The second kappa shape index (κ2) is 5.45. The topological polar surface area (TPSA) is 56.5 Å². The number of methoxy groups -OCH3 is 2. The van der Waals surface area contributed by atoms with Crippen LogP contribution in [0, 0.1) is 0 Å². The van der Waals surface area contributed by atoms with E-state index in [1.165, 1.54) is 0 Å². The van der Waals surface area contributed by atoms with Crippen LogP contribution in [0.2, 0.25) is 0 Å². The fraction of sp³-hybridized carbons (Fsp3) is 0.400. The van der Waals surface area contributed by atoms with Gasteiger partial charge in [0.2, 0.25) is 5.88 Å². The third-order valence-electron chi connectivity index (χ3n) is 3.59. The van der Waals surface area contributed by atoms with Crippen molar-refractivity contribution >= 4 is 5.88 Å². The van der Waals surface area contributed by atoms with E-state index in [0.717, 1.165) is 60.0 Å². The maximum atomic E-state index is 5.45. The molecule has 0 fully saturated rings. The van der Waals surface area contributed by atoms with Crippen molar-refractivity contribution in [2.75, 3.05) is 26.1 Å². The smallest absolute Gasteiger partial charge is 0.228 e. The first-order valence-corrected chi connectivity index (χ1v) is 6.78. The van der Waals surface area contributed by atoms with E-state index in [4.69, 9.17) is 14.0 Å². The molecule has 2 heterocycles. The van der Waals surface area contributed by atoms with Crippen LogP contribution in [0.4, 0.5) is 5.88 Å². The Bertz CT molecular complexity index is 607. The van der Waals surface area contributed by atoms with Gasteiger partial charge in [-0.2, -0.15) is 0 Å². The molecule has 0 radical (unpaired) electrons. The summed E-state index contributed by atoms with van der Waals surface area (Å²) < 4.78 is 16.1. The Morgan fingerprint density at radius 3 is 2.90 bits per heavy atom. The molecule has 1 N–H and O–H groups in total. The van der Waals surface area contributed by atoms with E-state index in [1.807, 2.05) is 18.2 Å². The number of hydrogen-bond donors (Lipinski definition) is 1. The van der Waals surface area contributed by atoms with Gasteiger partial charge in [-0.15, -0.1) is 0 Å². The lowest BCUT2D eigenvalue weighted by atomic mass is 10.0. The van der Waals surface area contributed by atoms with Crippen LogP contribution >= 0.6 is 0 Å². The Morgan fingerprint density at radius 2 is 2.10 bits per heavy atom. The highest BCUT2D eigenvalue weighted by molar-refractivity contribution is 5.74. The molecule has 1 aliphatic rings. The summed E-state index contributed by atoms with van der Waals surface area (Å²) in [4.78, 5) is 0. The van der Waals surface area contributed by atoms with Crippen LogP contribution in [-0.4, -0.2) is 25.9 Å². The van der Waals surface area contributed by atoms with Crippen molar-refractivity contribution in [3.05, 3.63) is 23.8 Å².